The first-order valence-corrected chi connectivity index (χ1v) is 10.4. The van der Waals surface area contributed by atoms with Crippen molar-refractivity contribution in [1.29, 1.82) is 0 Å². The number of rotatable bonds is 7. The molecule has 178 valence electrons. The van der Waals surface area contributed by atoms with Crippen molar-refractivity contribution in [2.75, 3.05) is 47.5 Å². The monoisotopic (exact) mass is 464 g/mol. The van der Waals surface area contributed by atoms with E-state index in [1.807, 2.05) is 12.1 Å². The van der Waals surface area contributed by atoms with Gasteiger partial charge in [-0.25, -0.2) is 0 Å². The van der Waals surface area contributed by atoms with Crippen LogP contribution in [-0.4, -0.2) is 63.2 Å². The minimum absolute atomic E-state index is 0.226. The number of carbonyl (C=O) groups is 1. The minimum Gasteiger partial charge on any atom is -0.493 e. The highest BCUT2D eigenvalue weighted by Gasteiger charge is 2.30. The molecule has 1 aliphatic heterocycles. The molecule has 0 atom stereocenters. The zero-order valence-electron chi connectivity index (χ0n) is 18.8. The van der Waals surface area contributed by atoms with Crippen molar-refractivity contribution in [2.24, 2.45) is 0 Å². The van der Waals surface area contributed by atoms with Crippen LogP contribution >= 0.6 is 0 Å². The Kier molecular flexibility index (Phi) is 7.86. The van der Waals surface area contributed by atoms with Crippen molar-refractivity contribution in [3.63, 3.8) is 0 Å². The van der Waals surface area contributed by atoms with E-state index in [0.717, 1.165) is 17.7 Å². The van der Waals surface area contributed by atoms with Crippen LogP contribution in [0.4, 0.5) is 13.2 Å². The standard InChI is InChI=1S/C24H27F3N2O4/c1-31-20-9-8-18(22(32-2)23(20)33-3)16-28-11-13-29(14-12-28)21(30)10-7-17-5-4-6-19(15-17)24(25,26)27/h4-10,15H,11-14,16H2,1-3H3/b10-7+. The SMILES string of the molecule is COc1ccc(CN2CCN(C(=O)/C=C/c3cccc(C(F)(F)F)c3)CC2)c(OC)c1OC. The lowest BCUT2D eigenvalue weighted by Crippen LogP contribution is -2.47. The summed E-state index contributed by atoms with van der Waals surface area (Å²) in [5.74, 6) is 1.50. The molecule has 0 aliphatic carbocycles. The number of ether oxygens (including phenoxy) is 3. The van der Waals surface area contributed by atoms with Crippen LogP contribution in [0.25, 0.3) is 6.08 Å². The van der Waals surface area contributed by atoms with Crippen LogP contribution in [0, 0.1) is 0 Å². The normalized spacial score (nSPS) is 15.0. The molecule has 2 aromatic carbocycles. The topological polar surface area (TPSA) is 51.2 Å². The number of methoxy groups -OCH3 is 3. The van der Waals surface area contributed by atoms with Gasteiger partial charge in [-0.05, 0) is 29.8 Å². The first kappa shape index (κ1) is 24.4. The highest BCUT2D eigenvalue weighted by atomic mass is 19.4. The van der Waals surface area contributed by atoms with Gasteiger partial charge < -0.3 is 19.1 Å². The molecule has 0 aromatic heterocycles. The van der Waals surface area contributed by atoms with E-state index in [0.29, 0.717) is 55.5 Å². The highest BCUT2D eigenvalue weighted by Crippen LogP contribution is 2.40. The number of amides is 1. The van der Waals surface area contributed by atoms with Crippen molar-refractivity contribution >= 4 is 12.0 Å². The summed E-state index contributed by atoms with van der Waals surface area (Å²) in [5.41, 5.74) is 0.535. The summed E-state index contributed by atoms with van der Waals surface area (Å²) < 4.78 is 54.9. The van der Waals surface area contributed by atoms with Crippen LogP contribution < -0.4 is 14.2 Å². The lowest BCUT2D eigenvalue weighted by molar-refractivity contribution is -0.137. The average molecular weight is 464 g/mol. The van der Waals surface area contributed by atoms with Crippen LogP contribution in [0.5, 0.6) is 17.2 Å². The Bertz CT molecular complexity index is 1000. The predicted octanol–water partition coefficient (Wildman–Crippen LogP) is 4.09. The maximum absolute atomic E-state index is 12.9. The van der Waals surface area contributed by atoms with Gasteiger partial charge in [0.2, 0.25) is 11.7 Å². The number of halogens is 3. The summed E-state index contributed by atoms with van der Waals surface area (Å²) in [6.45, 7) is 2.95. The Morgan fingerprint density at radius 2 is 1.67 bits per heavy atom. The van der Waals surface area contributed by atoms with Crippen LogP contribution in [0.15, 0.2) is 42.5 Å². The second kappa shape index (κ2) is 10.6. The number of carbonyl (C=O) groups excluding carboxylic acids is 1. The molecule has 3 rings (SSSR count). The molecule has 2 aromatic rings. The van der Waals surface area contributed by atoms with Crippen LogP contribution in [0.1, 0.15) is 16.7 Å². The molecular formula is C24H27F3N2O4. The van der Waals surface area contributed by atoms with Gasteiger partial charge in [0, 0.05) is 44.4 Å². The summed E-state index contributed by atoms with van der Waals surface area (Å²) in [6, 6.07) is 8.65. The van der Waals surface area contributed by atoms with Gasteiger partial charge in [0.15, 0.2) is 11.5 Å². The maximum atomic E-state index is 12.9. The van der Waals surface area contributed by atoms with Crippen LogP contribution in [0.3, 0.4) is 0 Å². The molecule has 0 unspecified atom stereocenters. The van der Waals surface area contributed by atoms with Crippen molar-refractivity contribution in [3.8, 4) is 17.2 Å². The van der Waals surface area contributed by atoms with E-state index < -0.39 is 11.7 Å². The molecular weight excluding hydrogens is 437 g/mol. The zero-order valence-corrected chi connectivity index (χ0v) is 18.8. The first-order chi connectivity index (χ1) is 15.8. The zero-order chi connectivity index (χ0) is 24.0. The Balaban J connectivity index is 1.59. The highest BCUT2D eigenvalue weighted by molar-refractivity contribution is 5.91. The number of hydrogen-bond acceptors (Lipinski definition) is 5. The Morgan fingerprint density at radius 3 is 2.27 bits per heavy atom. The molecule has 0 saturated carbocycles. The van der Waals surface area contributed by atoms with Crippen molar-refractivity contribution in [2.45, 2.75) is 12.7 Å². The van der Waals surface area contributed by atoms with Gasteiger partial charge >= 0.3 is 6.18 Å². The summed E-state index contributed by atoms with van der Waals surface area (Å²) in [4.78, 5) is 16.4. The minimum atomic E-state index is -4.42. The van der Waals surface area contributed by atoms with Gasteiger partial charge in [-0.2, -0.15) is 13.2 Å². The molecule has 1 heterocycles. The van der Waals surface area contributed by atoms with Crippen molar-refractivity contribution in [3.05, 3.63) is 59.2 Å². The van der Waals surface area contributed by atoms with Gasteiger partial charge in [-0.1, -0.05) is 18.2 Å². The van der Waals surface area contributed by atoms with E-state index >= 15 is 0 Å². The molecule has 1 fully saturated rings. The quantitative estimate of drug-likeness (QED) is 0.578. The molecule has 1 amide bonds. The fraction of sp³-hybridized carbons (Fsp3) is 0.375. The third kappa shape index (κ3) is 5.98. The average Bonchev–Trinajstić information content (AvgIpc) is 2.82. The molecule has 0 radical (unpaired) electrons. The van der Waals surface area contributed by atoms with Crippen LogP contribution in [0.2, 0.25) is 0 Å². The number of nitrogens with zero attached hydrogens (tertiary/aromatic N) is 2. The third-order valence-electron chi connectivity index (χ3n) is 5.50. The Hall–Kier alpha value is -3.20. The van der Waals surface area contributed by atoms with Gasteiger partial charge in [0.05, 0.1) is 26.9 Å². The lowest BCUT2D eigenvalue weighted by Gasteiger charge is -2.34. The van der Waals surface area contributed by atoms with E-state index in [1.54, 1.807) is 26.2 Å². The van der Waals surface area contributed by atoms with E-state index in [9.17, 15) is 18.0 Å². The molecule has 1 aliphatic rings. The summed E-state index contributed by atoms with van der Waals surface area (Å²) >= 11 is 0. The third-order valence-corrected chi connectivity index (χ3v) is 5.50. The largest absolute Gasteiger partial charge is 0.493 e. The molecule has 33 heavy (non-hydrogen) atoms. The van der Waals surface area contributed by atoms with E-state index in [1.165, 1.54) is 24.3 Å². The number of alkyl halides is 3. The summed E-state index contributed by atoms with van der Waals surface area (Å²) in [5, 5.41) is 0. The molecule has 0 bridgehead atoms. The Labute approximate surface area is 191 Å². The number of hydrogen-bond donors (Lipinski definition) is 0. The second-order valence-corrected chi connectivity index (χ2v) is 7.55. The van der Waals surface area contributed by atoms with Crippen molar-refractivity contribution < 1.29 is 32.2 Å². The lowest BCUT2D eigenvalue weighted by atomic mass is 10.1. The first-order valence-electron chi connectivity index (χ1n) is 10.4. The molecule has 1 saturated heterocycles. The van der Waals surface area contributed by atoms with E-state index in [4.69, 9.17) is 14.2 Å². The second-order valence-electron chi connectivity index (χ2n) is 7.55. The van der Waals surface area contributed by atoms with Gasteiger partial charge in [0.1, 0.15) is 0 Å². The predicted molar refractivity (Wildman–Crippen MR) is 118 cm³/mol. The molecule has 9 heteroatoms. The van der Waals surface area contributed by atoms with Gasteiger partial charge in [-0.3, -0.25) is 9.69 Å². The molecule has 0 N–H and O–H groups in total. The maximum Gasteiger partial charge on any atom is 0.416 e. The molecule has 0 spiro atoms. The fourth-order valence-corrected chi connectivity index (χ4v) is 3.75. The van der Waals surface area contributed by atoms with E-state index in [-0.39, 0.29) is 5.91 Å². The van der Waals surface area contributed by atoms with Gasteiger partial charge in [-0.15, -0.1) is 0 Å². The van der Waals surface area contributed by atoms with Crippen molar-refractivity contribution in [1.82, 2.24) is 9.80 Å². The fourth-order valence-electron chi connectivity index (χ4n) is 3.75. The molecule has 6 nitrogen and oxygen atoms in total. The van der Waals surface area contributed by atoms with Gasteiger partial charge in [0.25, 0.3) is 0 Å². The summed E-state index contributed by atoms with van der Waals surface area (Å²) in [7, 11) is 4.70. The number of benzene rings is 2. The summed E-state index contributed by atoms with van der Waals surface area (Å²) in [6.07, 6.45) is -1.68. The van der Waals surface area contributed by atoms with Crippen LogP contribution in [-0.2, 0) is 17.5 Å². The van der Waals surface area contributed by atoms with E-state index in [2.05, 4.69) is 4.90 Å². The smallest absolute Gasteiger partial charge is 0.416 e. The number of piperazine rings is 1. The Morgan fingerprint density at radius 1 is 0.970 bits per heavy atom.